The minimum Gasteiger partial charge on any atom is -0.323 e. The van der Waals surface area contributed by atoms with Crippen LogP contribution in [0.4, 0.5) is 0 Å². The fourth-order valence-electron chi connectivity index (χ4n) is 2.21. The lowest BCUT2D eigenvalue weighted by atomic mass is 10.0. The minimum atomic E-state index is -0.0413. The van der Waals surface area contributed by atoms with E-state index in [-0.39, 0.29) is 6.04 Å². The Morgan fingerprint density at radius 1 is 0.895 bits per heavy atom. The molecular weight excluding hydrogens is 232 g/mol. The van der Waals surface area contributed by atoms with E-state index in [9.17, 15) is 0 Å². The third kappa shape index (κ3) is 2.35. The summed E-state index contributed by atoms with van der Waals surface area (Å²) in [5.41, 5.74) is 8.91. The van der Waals surface area contributed by atoms with Gasteiger partial charge in [0.1, 0.15) is 0 Å². The fraction of sp³-hybridized carbons (Fsp3) is 0.118. The molecule has 19 heavy (non-hydrogen) atoms. The molecule has 0 aliphatic rings. The summed E-state index contributed by atoms with van der Waals surface area (Å²) >= 11 is 0. The smallest absolute Gasteiger partial charge is 0.0706 e. The van der Waals surface area contributed by atoms with Gasteiger partial charge in [-0.05, 0) is 35.9 Å². The maximum absolute atomic E-state index is 5.89. The van der Waals surface area contributed by atoms with Crippen LogP contribution in [0.2, 0.25) is 0 Å². The number of aromatic nitrogens is 1. The molecule has 3 rings (SSSR count). The normalized spacial score (nSPS) is 12.5. The number of hydrogen-bond donors (Lipinski definition) is 1. The molecule has 0 saturated heterocycles. The molecule has 1 heterocycles. The van der Waals surface area contributed by atoms with Crippen LogP contribution < -0.4 is 5.73 Å². The van der Waals surface area contributed by atoms with Crippen molar-refractivity contribution < 1.29 is 0 Å². The molecule has 2 nitrogen and oxygen atoms in total. The van der Waals surface area contributed by atoms with Gasteiger partial charge in [0, 0.05) is 11.6 Å². The van der Waals surface area contributed by atoms with Crippen LogP contribution in [0.25, 0.3) is 22.0 Å². The standard InChI is InChI=1S/C17H16N2/c1-12(18)16-7-4-8-17(19-16)15-10-9-13-5-2-3-6-14(13)11-15/h2-12H,18H2,1H3/t12-/m0/s1. The Labute approximate surface area is 112 Å². The number of fused-ring (bicyclic) bond motifs is 1. The maximum Gasteiger partial charge on any atom is 0.0706 e. The molecule has 0 aliphatic carbocycles. The Balaban J connectivity index is 2.11. The number of nitrogens with zero attached hydrogens (tertiary/aromatic N) is 1. The molecule has 0 aliphatic heterocycles. The first-order valence-electron chi connectivity index (χ1n) is 6.46. The van der Waals surface area contributed by atoms with Crippen LogP contribution in [0, 0.1) is 0 Å². The summed E-state index contributed by atoms with van der Waals surface area (Å²) in [7, 11) is 0. The molecule has 2 N–H and O–H groups in total. The van der Waals surface area contributed by atoms with Crippen molar-refractivity contribution in [3.63, 3.8) is 0 Å². The third-order valence-corrected chi connectivity index (χ3v) is 3.28. The molecule has 3 aromatic rings. The second-order valence-electron chi connectivity index (χ2n) is 4.80. The average Bonchev–Trinajstić information content (AvgIpc) is 2.47. The molecule has 0 bridgehead atoms. The zero-order valence-corrected chi connectivity index (χ0v) is 10.9. The van der Waals surface area contributed by atoms with Gasteiger partial charge in [0.2, 0.25) is 0 Å². The lowest BCUT2D eigenvalue weighted by Gasteiger charge is -2.08. The predicted molar refractivity (Wildman–Crippen MR) is 79.8 cm³/mol. The van der Waals surface area contributed by atoms with Crippen LogP contribution in [-0.4, -0.2) is 4.98 Å². The lowest BCUT2D eigenvalue weighted by Crippen LogP contribution is -2.07. The van der Waals surface area contributed by atoms with Gasteiger partial charge in [0.05, 0.1) is 11.4 Å². The van der Waals surface area contributed by atoms with Gasteiger partial charge in [-0.3, -0.25) is 4.98 Å². The van der Waals surface area contributed by atoms with Crippen LogP contribution >= 0.6 is 0 Å². The Bertz CT molecular complexity index is 717. The zero-order valence-electron chi connectivity index (χ0n) is 10.9. The van der Waals surface area contributed by atoms with Crippen molar-refractivity contribution in [3.8, 4) is 11.3 Å². The van der Waals surface area contributed by atoms with E-state index in [1.54, 1.807) is 0 Å². The third-order valence-electron chi connectivity index (χ3n) is 3.28. The van der Waals surface area contributed by atoms with Gasteiger partial charge in [-0.2, -0.15) is 0 Å². The van der Waals surface area contributed by atoms with Crippen LogP contribution in [-0.2, 0) is 0 Å². The summed E-state index contributed by atoms with van der Waals surface area (Å²) in [5.74, 6) is 0. The fourth-order valence-corrected chi connectivity index (χ4v) is 2.21. The number of rotatable bonds is 2. The first-order valence-corrected chi connectivity index (χ1v) is 6.46. The SMILES string of the molecule is C[C@H](N)c1cccc(-c2ccc3ccccc3c2)n1. The van der Waals surface area contributed by atoms with Gasteiger partial charge < -0.3 is 5.73 Å². The van der Waals surface area contributed by atoms with Gasteiger partial charge in [0.15, 0.2) is 0 Å². The molecule has 0 unspecified atom stereocenters. The molecule has 94 valence electrons. The van der Waals surface area contributed by atoms with Gasteiger partial charge >= 0.3 is 0 Å². The van der Waals surface area contributed by atoms with E-state index in [0.717, 1.165) is 17.0 Å². The monoisotopic (exact) mass is 248 g/mol. The molecule has 2 aromatic carbocycles. The lowest BCUT2D eigenvalue weighted by molar-refractivity contribution is 0.782. The van der Waals surface area contributed by atoms with Crippen molar-refractivity contribution in [1.82, 2.24) is 4.98 Å². The van der Waals surface area contributed by atoms with E-state index in [0.29, 0.717) is 0 Å². The predicted octanol–water partition coefficient (Wildman–Crippen LogP) is 3.92. The minimum absolute atomic E-state index is 0.0413. The summed E-state index contributed by atoms with van der Waals surface area (Å²) < 4.78 is 0. The number of nitrogens with two attached hydrogens (primary N) is 1. The number of benzene rings is 2. The van der Waals surface area contributed by atoms with E-state index >= 15 is 0 Å². The van der Waals surface area contributed by atoms with Crippen LogP contribution in [0.1, 0.15) is 18.7 Å². The van der Waals surface area contributed by atoms with Gasteiger partial charge in [-0.25, -0.2) is 0 Å². The first-order chi connectivity index (χ1) is 9.24. The molecule has 0 fully saturated rings. The second-order valence-corrected chi connectivity index (χ2v) is 4.80. The van der Waals surface area contributed by atoms with E-state index in [4.69, 9.17) is 5.73 Å². The Morgan fingerprint density at radius 3 is 2.47 bits per heavy atom. The summed E-state index contributed by atoms with van der Waals surface area (Å²) in [6.07, 6.45) is 0. The van der Waals surface area contributed by atoms with Crippen molar-refractivity contribution in [1.29, 1.82) is 0 Å². The van der Waals surface area contributed by atoms with Crippen molar-refractivity contribution in [2.45, 2.75) is 13.0 Å². The summed E-state index contributed by atoms with van der Waals surface area (Å²) in [4.78, 5) is 4.62. The van der Waals surface area contributed by atoms with Crippen molar-refractivity contribution >= 4 is 10.8 Å². The van der Waals surface area contributed by atoms with Crippen molar-refractivity contribution in [2.75, 3.05) is 0 Å². The molecule has 1 atom stereocenters. The molecule has 2 heteroatoms. The highest BCUT2D eigenvalue weighted by molar-refractivity contribution is 5.86. The highest BCUT2D eigenvalue weighted by Gasteiger charge is 2.05. The van der Waals surface area contributed by atoms with E-state index < -0.39 is 0 Å². The highest BCUT2D eigenvalue weighted by Crippen LogP contribution is 2.23. The van der Waals surface area contributed by atoms with Crippen LogP contribution in [0.3, 0.4) is 0 Å². The molecule has 0 saturated carbocycles. The maximum atomic E-state index is 5.89. The second kappa shape index (κ2) is 4.82. The molecule has 0 spiro atoms. The first kappa shape index (κ1) is 11.9. The molecule has 1 aromatic heterocycles. The van der Waals surface area contributed by atoms with Crippen molar-refractivity contribution in [2.24, 2.45) is 5.73 Å². The number of pyridine rings is 1. The van der Waals surface area contributed by atoms with E-state index in [1.807, 2.05) is 25.1 Å². The zero-order chi connectivity index (χ0) is 13.2. The average molecular weight is 248 g/mol. The van der Waals surface area contributed by atoms with Crippen LogP contribution in [0.15, 0.2) is 60.7 Å². The molecular formula is C17H16N2. The van der Waals surface area contributed by atoms with Gasteiger partial charge in [-0.15, -0.1) is 0 Å². The topological polar surface area (TPSA) is 38.9 Å². The highest BCUT2D eigenvalue weighted by atomic mass is 14.8. The van der Waals surface area contributed by atoms with E-state index in [1.165, 1.54) is 10.8 Å². The Hall–Kier alpha value is -2.19. The van der Waals surface area contributed by atoms with Gasteiger partial charge in [-0.1, -0.05) is 42.5 Å². The number of hydrogen-bond acceptors (Lipinski definition) is 2. The Kier molecular flexibility index (Phi) is 3.02. The van der Waals surface area contributed by atoms with Gasteiger partial charge in [0.25, 0.3) is 0 Å². The molecule has 0 radical (unpaired) electrons. The summed E-state index contributed by atoms with van der Waals surface area (Å²) in [6.45, 7) is 1.95. The van der Waals surface area contributed by atoms with Crippen LogP contribution in [0.5, 0.6) is 0 Å². The summed E-state index contributed by atoms with van der Waals surface area (Å²) in [5, 5.41) is 2.47. The van der Waals surface area contributed by atoms with Crippen molar-refractivity contribution in [3.05, 3.63) is 66.4 Å². The Morgan fingerprint density at radius 2 is 1.68 bits per heavy atom. The largest absolute Gasteiger partial charge is 0.323 e. The molecule has 0 amide bonds. The van der Waals surface area contributed by atoms with E-state index in [2.05, 4.69) is 47.4 Å². The quantitative estimate of drug-likeness (QED) is 0.746. The summed E-state index contributed by atoms with van der Waals surface area (Å²) in [6, 6.07) is 20.7.